The lowest BCUT2D eigenvalue weighted by Gasteiger charge is -2.37. The average Bonchev–Trinajstić information content (AvgIpc) is 2.86. The summed E-state index contributed by atoms with van der Waals surface area (Å²) >= 11 is 0. The lowest BCUT2D eigenvalue weighted by Crippen LogP contribution is -2.50. The summed E-state index contributed by atoms with van der Waals surface area (Å²) in [7, 11) is 0. The van der Waals surface area contributed by atoms with E-state index >= 15 is 0 Å². The minimum Gasteiger partial charge on any atom is -0.392 e. The molecule has 3 heterocycles. The Labute approximate surface area is 101 Å². The van der Waals surface area contributed by atoms with Crippen LogP contribution in [0.3, 0.4) is 0 Å². The Morgan fingerprint density at radius 1 is 1.24 bits per heavy atom. The lowest BCUT2D eigenvalue weighted by atomic mass is 10.2. The van der Waals surface area contributed by atoms with Crippen molar-refractivity contribution in [3.05, 3.63) is 18.0 Å². The lowest BCUT2D eigenvalue weighted by molar-refractivity contribution is 0.229. The molecule has 1 aromatic rings. The number of nitrogens with zero attached hydrogens (tertiary/aromatic N) is 4. The summed E-state index contributed by atoms with van der Waals surface area (Å²) in [6.07, 6.45) is 6.04. The smallest absolute Gasteiger partial charge is 0.225 e. The molecule has 17 heavy (non-hydrogen) atoms. The third-order valence-corrected chi connectivity index (χ3v) is 3.74. The zero-order valence-electron chi connectivity index (χ0n) is 9.92. The molecular weight excluding hydrogens is 216 g/mol. The molecule has 2 aliphatic rings. The van der Waals surface area contributed by atoms with Crippen LogP contribution in [0.25, 0.3) is 0 Å². The van der Waals surface area contributed by atoms with Crippen LogP contribution < -0.4 is 4.90 Å². The number of hydrogen-bond acceptors (Lipinski definition) is 5. The second kappa shape index (κ2) is 4.58. The molecule has 1 atom stereocenters. The van der Waals surface area contributed by atoms with Gasteiger partial charge in [0.25, 0.3) is 0 Å². The molecule has 2 aliphatic heterocycles. The molecule has 1 N–H and O–H groups in total. The molecule has 0 radical (unpaired) electrons. The summed E-state index contributed by atoms with van der Waals surface area (Å²) in [6, 6.07) is 0.685. The molecule has 3 rings (SSSR count). The number of aromatic nitrogens is 2. The minimum atomic E-state index is 0.0106. The number of rotatable bonds is 2. The second-order valence-electron chi connectivity index (χ2n) is 4.83. The fraction of sp³-hybridized carbons (Fsp3) is 0.667. The number of hydrogen-bond donors (Lipinski definition) is 1. The van der Waals surface area contributed by atoms with Crippen molar-refractivity contribution in [1.29, 1.82) is 0 Å². The van der Waals surface area contributed by atoms with Crippen molar-refractivity contribution in [1.82, 2.24) is 14.9 Å². The van der Waals surface area contributed by atoms with Gasteiger partial charge in [0.15, 0.2) is 0 Å². The van der Waals surface area contributed by atoms with Gasteiger partial charge in [-0.3, -0.25) is 4.90 Å². The van der Waals surface area contributed by atoms with Gasteiger partial charge in [0, 0.05) is 43.6 Å². The highest BCUT2D eigenvalue weighted by molar-refractivity contribution is 5.31. The van der Waals surface area contributed by atoms with E-state index in [0.717, 1.165) is 31.1 Å². The molecule has 0 bridgehead atoms. The second-order valence-corrected chi connectivity index (χ2v) is 4.83. The molecule has 0 spiro atoms. The Kier molecular flexibility index (Phi) is 2.94. The van der Waals surface area contributed by atoms with Gasteiger partial charge in [-0.1, -0.05) is 0 Å². The van der Waals surface area contributed by atoms with E-state index in [9.17, 15) is 0 Å². The number of piperazine rings is 1. The minimum absolute atomic E-state index is 0.0106. The molecular formula is C12H18N4O. The molecule has 0 aliphatic carbocycles. The van der Waals surface area contributed by atoms with Gasteiger partial charge in [0.2, 0.25) is 5.95 Å². The summed E-state index contributed by atoms with van der Waals surface area (Å²) < 4.78 is 0. The Morgan fingerprint density at radius 2 is 2.06 bits per heavy atom. The van der Waals surface area contributed by atoms with Crippen molar-refractivity contribution < 1.29 is 5.11 Å². The predicted octanol–water partition coefficient (Wildman–Crippen LogP) is 0.253. The van der Waals surface area contributed by atoms with Crippen LogP contribution in [-0.4, -0.2) is 52.2 Å². The highest BCUT2D eigenvalue weighted by Crippen LogP contribution is 2.23. The van der Waals surface area contributed by atoms with Gasteiger partial charge in [0.1, 0.15) is 0 Å². The van der Waals surface area contributed by atoms with Crippen LogP contribution in [-0.2, 0) is 6.61 Å². The quantitative estimate of drug-likeness (QED) is 0.795. The third kappa shape index (κ3) is 2.12. The van der Waals surface area contributed by atoms with E-state index in [4.69, 9.17) is 5.11 Å². The van der Waals surface area contributed by atoms with Crippen LogP contribution >= 0.6 is 0 Å². The molecule has 0 amide bonds. The fourth-order valence-corrected chi connectivity index (χ4v) is 2.77. The maximum Gasteiger partial charge on any atom is 0.225 e. The molecule has 1 unspecified atom stereocenters. The topological polar surface area (TPSA) is 52.5 Å². The Morgan fingerprint density at radius 3 is 2.82 bits per heavy atom. The van der Waals surface area contributed by atoms with E-state index in [1.807, 2.05) is 0 Å². The zero-order chi connectivity index (χ0) is 11.7. The molecule has 5 heteroatoms. The maximum atomic E-state index is 8.96. The fourth-order valence-electron chi connectivity index (χ4n) is 2.77. The molecule has 92 valence electrons. The van der Waals surface area contributed by atoms with Crippen LogP contribution in [0.5, 0.6) is 0 Å². The molecule has 2 saturated heterocycles. The third-order valence-electron chi connectivity index (χ3n) is 3.74. The standard InChI is InChI=1S/C12H18N4O/c17-9-10-6-13-12(14-7-10)16-5-4-15-3-1-2-11(15)8-16/h6-7,11,17H,1-5,8-9H2. The Hall–Kier alpha value is -1.20. The zero-order valence-corrected chi connectivity index (χ0v) is 9.92. The van der Waals surface area contributed by atoms with E-state index in [2.05, 4.69) is 19.8 Å². The first-order valence-corrected chi connectivity index (χ1v) is 6.27. The summed E-state index contributed by atoms with van der Waals surface area (Å²) in [6.45, 7) is 4.43. The van der Waals surface area contributed by atoms with Crippen molar-refractivity contribution >= 4 is 5.95 Å². The van der Waals surface area contributed by atoms with E-state index < -0.39 is 0 Å². The van der Waals surface area contributed by atoms with Gasteiger partial charge in [-0.05, 0) is 19.4 Å². The predicted molar refractivity (Wildman–Crippen MR) is 64.8 cm³/mol. The van der Waals surface area contributed by atoms with Crippen LogP contribution in [0, 0.1) is 0 Å². The van der Waals surface area contributed by atoms with E-state index in [-0.39, 0.29) is 6.61 Å². The summed E-state index contributed by atoms with van der Waals surface area (Å²) in [4.78, 5) is 13.5. The van der Waals surface area contributed by atoms with Crippen LogP contribution in [0.15, 0.2) is 12.4 Å². The van der Waals surface area contributed by atoms with Crippen molar-refractivity contribution in [2.24, 2.45) is 0 Å². The van der Waals surface area contributed by atoms with Gasteiger partial charge >= 0.3 is 0 Å². The van der Waals surface area contributed by atoms with E-state index in [1.54, 1.807) is 12.4 Å². The first-order valence-electron chi connectivity index (χ1n) is 6.27. The number of fused-ring (bicyclic) bond motifs is 1. The monoisotopic (exact) mass is 234 g/mol. The van der Waals surface area contributed by atoms with Crippen LogP contribution in [0.4, 0.5) is 5.95 Å². The van der Waals surface area contributed by atoms with E-state index in [0.29, 0.717) is 6.04 Å². The molecule has 0 aromatic carbocycles. The van der Waals surface area contributed by atoms with Gasteiger partial charge in [-0.25, -0.2) is 9.97 Å². The maximum absolute atomic E-state index is 8.96. The number of aliphatic hydroxyl groups excluding tert-OH is 1. The van der Waals surface area contributed by atoms with Gasteiger partial charge in [-0.15, -0.1) is 0 Å². The molecule has 0 saturated carbocycles. The Balaban J connectivity index is 1.71. The summed E-state index contributed by atoms with van der Waals surface area (Å²) in [5, 5.41) is 8.96. The van der Waals surface area contributed by atoms with Crippen molar-refractivity contribution in [2.75, 3.05) is 31.1 Å². The number of anilines is 1. The largest absolute Gasteiger partial charge is 0.392 e. The first kappa shape index (κ1) is 10.9. The SMILES string of the molecule is OCc1cnc(N2CCN3CCCC3C2)nc1. The van der Waals surface area contributed by atoms with E-state index in [1.165, 1.54) is 19.4 Å². The van der Waals surface area contributed by atoms with Crippen molar-refractivity contribution in [3.63, 3.8) is 0 Å². The van der Waals surface area contributed by atoms with Gasteiger partial charge in [0.05, 0.1) is 6.61 Å². The average molecular weight is 234 g/mol. The molecule has 1 aromatic heterocycles. The van der Waals surface area contributed by atoms with Gasteiger partial charge in [-0.2, -0.15) is 0 Å². The van der Waals surface area contributed by atoms with Crippen molar-refractivity contribution in [3.8, 4) is 0 Å². The Bertz CT molecular complexity index is 381. The summed E-state index contributed by atoms with van der Waals surface area (Å²) in [5.41, 5.74) is 0.772. The highest BCUT2D eigenvalue weighted by Gasteiger charge is 2.31. The van der Waals surface area contributed by atoms with Crippen LogP contribution in [0.1, 0.15) is 18.4 Å². The van der Waals surface area contributed by atoms with Gasteiger partial charge < -0.3 is 10.0 Å². The normalized spacial score (nSPS) is 25.0. The molecule has 5 nitrogen and oxygen atoms in total. The summed E-state index contributed by atoms with van der Waals surface area (Å²) in [5.74, 6) is 0.800. The first-order chi connectivity index (χ1) is 8.36. The molecule has 2 fully saturated rings. The van der Waals surface area contributed by atoms with Crippen LogP contribution in [0.2, 0.25) is 0 Å². The van der Waals surface area contributed by atoms with Crippen molar-refractivity contribution in [2.45, 2.75) is 25.5 Å². The highest BCUT2D eigenvalue weighted by atomic mass is 16.3. The number of aliphatic hydroxyl groups is 1.